The van der Waals surface area contributed by atoms with Gasteiger partial charge in [0.2, 0.25) is 0 Å². The molecular weight excluding hydrogens is 290 g/mol. The van der Waals surface area contributed by atoms with Gasteiger partial charge in [0.05, 0.1) is 5.69 Å². The zero-order valence-corrected chi connectivity index (χ0v) is 15.0. The molecule has 23 heavy (non-hydrogen) atoms. The Morgan fingerprint density at radius 2 is 2.00 bits per heavy atom. The summed E-state index contributed by atoms with van der Waals surface area (Å²) in [4.78, 5) is 18.3. The second-order valence-electron chi connectivity index (χ2n) is 7.71. The Labute approximate surface area is 139 Å². The molecule has 1 saturated heterocycles. The van der Waals surface area contributed by atoms with E-state index in [9.17, 15) is 4.79 Å². The number of amides is 1. The molecule has 1 aromatic heterocycles. The fraction of sp³-hybridized carbons (Fsp3) is 0.667. The summed E-state index contributed by atoms with van der Waals surface area (Å²) in [5, 5.41) is 3.60. The maximum atomic E-state index is 12.1. The van der Waals surface area contributed by atoms with E-state index in [0.717, 1.165) is 38.2 Å². The molecule has 0 bridgehead atoms. The van der Waals surface area contributed by atoms with Gasteiger partial charge in [0, 0.05) is 31.4 Å². The Balaban J connectivity index is 1.82. The second-order valence-corrected chi connectivity index (χ2v) is 7.71. The number of nitrogens with zero attached hydrogens (tertiary/aromatic N) is 2. The Hall–Kier alpha value is -1.62. The number of aryl methyl sites for hydroxylation is 1. The summed E-state index contributed by atoms with van der Waals surface area (Å²) in [7, 11) is 0. The monoisotopic (exact) mass is 319 g/mol. The van der Waals surface area contributed by atoms with E-state index >= 15 is 0 Å². The van der Waals surface area contributed by atoms with Gasteiger partial charge in [0.1, 0.15) is 5.60 Å². The van der Waals surface area contributed by atoms with Crippen LogP contribution in [-0.2, 0) is 11.3 Å². The average molecular weight is 319 g/mol. The Kier molecular flexibility index (Phi) is 5.30. The van der Waals surface area contributed by atoms with Gasteiger partial charge in [-0.3, -0.25) is 4.98 Å². The van der Waals surface area contributed by atoms with Crippen LogP contribution in [0.15, 0.2) is 18.3 Å². The summed E-state index contributed by atoms with van der Waals surface area (Å²) in [5.41, 5.74) is 1.81. The maximum Gasteiger partial charge on any atom is 0.410 e. The van der Waals surface area contributed by atoms with Gasteiger partial charge in [-0.1, -0.05) is 6.07 Å². The van der Waals surface area contributed by atoms with Gasteiger partial charge in [-0.2, -0.15) is 0 Å². The molecule has 1 fully saturated rings. The number of aromatic nitrogens is 1. The maximum absolute atomic E-state index is 12.1. The summed E-state index contributed by atoms with van der Waals surface area (Å²) in [5.74, 6) is 0. The lowest BCUT2D eigenvalue weighted by molar-refractivity contribution is 0.0156. The molecule has 1 aromatic rings. The molecule has 0 atom stereocenters. The van der Waals surface area contributed by atoms with Gasteiger partial charge in [0.15, 0.2) is 0 Å². The highest BCUT2D eigenvalue weighted by Gasteiger charge is 2.33. The van der Waals surface area contributed by atoms with Crippen molar-refractivity contribution in [2.45, 2.75) is 65.1 Å². The first-order valence-corrected chi connectivity index (χ1v) is 8.31. The third kappa shape index (κ3) is 5.50. The topological polar surface area (TPSA) is 54.5 Å². The Bertz CT molecular complexity index is 526. The molecule has 0 spiro atoms. The van der Waals surface area contributed by atoms with Crippen LogP contribution in [0.5, 0.6) is 0 Å². The number of hydrogen-bond donors (Lipinski definition) is 1. The van der Waals surface area contributed by atoms with E-state index in [1.165, 1.54) is 5.56 Å². The van der Waals surface area contributed by atoms with Crippen molar-refractivity contribution in [3.8, 4) is 0 Å². The SMILES string of the molecule is Cc1ccc(CNC2(C)CCN(C(=O)OC(C)(C)C)CC2)nc1. The summed E-state index contributed by atoms with van der Waals surface area (Å²) in [6.45, 7) is 12.1. The minimum absolute atomic E-state index is 0.0328. The number of nitrogens with one attached hydrogen (secondary N) is 1. The van der Waals surface area contributed by atoms with Crippen molar-refractivity contribution in [1.29, 1.82) is 0 Å². The van der Waals surface area contributed by atoms with Crippen LogP contribution in [0.1, 0.15) is 51.8 Å². The first kappa shape index (κ1) is 17.7. The van der Waals surface area contributed by atoms with E-state index in [4.69, 9.17) is 4.74 Å². The van der Waals surface area contributed by atoms with Crippen molar-refractivity contribution in [3.63, 3.8) is 0 Å². The standard InChI is InChI=1S/C18H29N3O2/c1-14-6-7-15(19-12-14)13-20-18(5)8-10-21(11-9-18)16(22)23-17(2,3)4/h6-7,12,20H,8-11,13H2,1-5H3. The van der Waals surface area contributed by atoms with Crippen molar-refractivity contribution in [2.75, 3.05) is 13.1 Å². The van der Waals surface area contributed by atoms with E-state index in [2.05, 4.69) is 29.4 Å². The molecule has 1 aliphatic heterocycles. The third-order valence-electron chi connectivity index (χ3n) is 4.19. The van der Waals surface area contributed by atoms with Crippen LogP contribution in [0.3, 0.4) is 0 Å². The summed E-state index contributed by atoms with van der Waals surface area (Å²) >= 11 is 0. The van der Waals surface area contributed by atoms with Crippen molar-refractivity contribution in [2.24, 2.45) is 0 Å². The minimum Gasteiger partial charge on any atom is -0.444 e. The Morgan fingerprint density at radius 3 is 2.52 bits per heavy atom. The van der Waals surface area contributed by atoms with Gasteiger partial charge >= 0.3 is 6.09 Å². The van der Waals surface area contributed by atoms with Crippen LogP contribution in [0.25, 0.3) is 0 Å². The van der Waals surface area contributed by atoms with E-state index in [-0.39, 0.29) is 11.6 Å². The zero-order valence-electron chi connectivity index (χ0n) is 15.0. The summed E-state index contributed by atoms with van der Waals surface area (Å²) < 4.78 is 5.44. The van der Waals surface area contributed by atoms with Gasteiger partial charge < -0.3 is 15.0 Å². The average Bonchev–Trinajstić information content (AvgIpc) is 2.46. The van der Waals surface area contributed by atoms with Crippen molar-refractivity contribution in [1.82, 2.24) is 15.2 Å². The van der Waals surface area contributed by atoms with Crippen LogP contribution in [0.2, 0.25) is 0 Å². The number of carbonyl (C=O) groups is 1. The molecule has 1 N–H and O–H groups in total. The van der Waals surface area contributed by atoms with Crippen molar-refractivity contribution >= 4 is 6.09 Å². The zero-order chi connectivity index (χ0) is 17.1. The lowest BCUT2D eigenvalue weighted by Gasteiger charge is -2.40. The third-order valence-corrected chi connectivity index (χ3v) is 4.19. The van der Waals surface area contributed by atoms with Crippen LogP contribution in [0, 0.1) is 6.92 Å². The quantitative estimate of drug-likeness (QED) is 0.929. The first-order valence-electron chi connectivity index (χ1n) is 8.31. The highest BCUT2D eigenvalue weighted by Crippen LogP contribution is 2.23. The Morgan fingerprint density at radius 1 is 1.35 bits per heavy atom. The predicted molar refractivity (Wildman–Crippen MR) is 91.3 cm³/mol. The van der Waals surface area contributed by atoms with E-state index in [1.54, 1.807) is 4.90 Å². The molecule has 2 heterocycles. The lowest BCUT2D eigenvalue weighted by atomic mass is 9.89. The number of piperidine rings is 1. The summed E-state index contributed by atoms with van der Waals surface area (Å²) in [6.07, 6.45) is 3.51. The van der Waals surface area contributed by atoms with E-state index in [0.29, 0.717) is 0 Å². The number of pyridine rings is 1. The number of ether oxygens (including phenoxy) is 1. The molecule has 0 aromatic carbocycles. The minimum atomic E-state index is -0.437. The fourth-order valence-electron chi connectivity index (χ4n) is 2.59. The molecule has 2 rings (SSSR count). The molecule has 5 nitrogen and oxygen atoms in total. The van der Waals surface area contributed by atoms with Crippen molar-refractivity contribution < 1.29 is 9.53 Å². The lowest BCUT2D eigenvalue weighted by Crippen LogP contribution is -2.53. The number of carbonyl (C=O) groups excluding carboxylic acids is 1. The molecule has 128 valence electrons. The smallest absolute Gasteiger partial charge is 0.410 e. The number of hydrogen-bond acceptors (Lipinski definition) is 4. The molecule has 0 aliphatic carbocycles. The van der Waals surface area contributed by atoms with E-state index < -0.39 is 5.60 Å². The van der Waals surface area contributed by atoms with Crippen molar-refractivity contribution in [3.05, 3.63) is 29.6 Å². The van der Waals surface area contributed by atoms with Crippen LogP contribution < -0.4 is 5.32 Å². The number of likely N-dealkylation sites (tertiary alicyclic amines) is 1. The highest BCUT2D eigenvalue weighted by atomic mass is 16.6. The first-order chi connectivity index (χ1) is 10.7. The second kappa shape index (κ2) is 6.87. The van der Waals surface area contributed by atoms with Gasteiger partial charge in [-0.15, -0.1) is 0 Å². The largest absolute Gasteiger partial charge is 0.444 e. The molecule has 1 aliphatic rings. The summed E-state index contributed by atoms with van der Waals surface area (Å²) in [6, 6.07) is 4.14. The molecule has 0 saturated carbocycles. The normalized spacial score (nSPS) is 17.9. The van der Waals surface area contributed by atoms with Crippen LogP contribution in [0.4, 0.5) is 4.79 Å². The molecule has 1 amide bonds. The molecular formula is C18H29N3O2. The van der Waals surface area contributed by atoms with Gasteiger partial charge in [-0.25, -0.2) is 4.79 Å². The fourth-order valence-corrected chi connectivity index (χ4v) is 2.59. The van der Waals surface area contributed by atoms with Gasteiger partial charge in [0.25, 0.3) is 0 Å². The molecule has 0 radical (unpaired) electrons. The number of rotatable bonds is 3. The van der Waals surface area contributed by atoms with Crippen LogP contribution in [-0.4, -0.2) is 40.2 Å². The van der Waals surface area contributed by atoms with E-state index in [1.807, 2.05) is 33.9 Å². The predicted octanol–water partition coefficient (Wildman–Crippen LogP) is 3.27. The van der Waals surface area contributed by atoms with Crippen LogP contribution >= 0.6 is 0 Å². The highest BCUT2D eigenvalue weighted by molar-refractivity contribution is 5.68. The molecule has 0 unspecified atom stereocenters. The molecule has 5 heteroatoms. The van der Waals surface area contributed by atoms with Gasteiger partial charge in [-0.05, 0) is 59.1 Å².